The van der Waals surface area contributed by atoms with Crippen molar-refractivity contribution in [2.75, 3.05) is 7.11 Å². The van der Waals surface area contributed by atoms with Gasteiger partial charge in [-0.2, -0.15) is 0 Å². The standard InChI is InChI=1S/C8H12.CH4O/c1-4-6-7-8(3)5-2;1-2/h4-7H,2H2,1,3H3;2H,1H3/b6-4-,8-7-;. The van der Waals surface area contributed by atoms with E-state index in [0.29, 0.717) is 0 Å². The molecule has 0 aromatic carbocycles. The third-order valence-corrected chi connectivity index (χ3v) is 0.874. The molecule has 58 valence electrons. The Morgan fingerprint density at radius 1 is 1.40 bits per heavy atom. The fraction of sp³-hybridized carbons (Fsp3) is 0.333. The van der Waals surface area contributed by atoms with E-state index in [0.717, 1.165) is 7.11 Å². The van der Waals surface area contributed by atoms with Crippen LogP contribution < -0.4 is 0 Å². The van der Waals surface area contributed by atoms with Crippen molar-refractivity contribution in [2.45, 2.75) is 13.8 Å². The van der Waals surface area contributed by atoms with Gasteiger partial charge in [0, 0.05) is 7.11 Å². The van der Waals surface area contributed by atoms with Gasteiger partial charge in [-0.3, -0.25) is 0 Å². The Morgan fingerprint density at radius 3 is 2.20 bits per heavy atom. The molecule has 10 heavy (non-hydrogen) atoms. The summed E-state index contributed by atoms with van der Waals surface area (Å²) in [5.74, 6) is 0. The Balaban J connectivity index is 0. The molecule has 0 bridgehead atoms. The molecule has 1 heteroatoms. The molecule has 0 spiro atoms. The molecule has 0 rings (SSSR count). The van der Waals surface area contributed by atoms with E-state index in [2.05, 4.69) is 6.58 Å². The highest BCUT2D eigenvalue weighted by Gasteiger charge is 1.70. The monoisotopic (exact) mass is 140 g/mol. The fourth-order valence-corrected chi connectivity index (χ4v) is 0.316. The molecule has 0 saturated carbocycles. The van der Waals surface area contributed by atoms with Crippen LogP contribution in [0.4, 0.5) is 0 Å². The first kappa shape index (κ1) is 11.9. The zero-order valence-corrected chi connectivity index (χ0v) is 6.96. The van der Waals surface area contributed by atoms with E-state index >= 15 is 0 Å². The summed E-state index contributed by atoms with van der Waals surface area (Å²) in [5, 5.41) is 7.00. The largest absolute Gasteiger partial charge is 0.400 e. The summed E-state index contributed by atoms with van der Waals surface area (Å²) in [5.41, 5.74) is 1.20. The van der Waals surface area contributed by atoms with Crippen molar-refractivity contribution in [1.29, 1.82) is 0 Å². The molecule has 0 amide bonds. The Hall–Kier alpha value is -0.820. The van der Waals surface area contributed by atoms with Crippen molar-refractivity contribution in [2.24, 2.45) is 0 Å². The van der Waals surface area contributed by atoms with Crippen LogP contribution >= 0.6 is 0 Å². The molecule has 0 fully saturated rings. The average Bonchev–Trinajstić information content (AvgIpc) is 2.04. The van der Waals surface area contributed by atoms with Gasteiger partial charge in [-0.1, -0.05) is 36.5 Å². The fourth-order valence-electron chi connectivity index (χ4n) is 0.316. The number of hydrogen-bond donors (Lipinski definition) is 1. The maximum Gasteiger partial charge on any atom is 0.0319 e. The highest BCUT2D eigenvalue weighted by molar-refractivity contribution is 5.18. The van der Waals surface area contributed by atoms with Crippen LogP contribution in [-0.4, -0.2) is 12.2 Å². The van der Waals surface area contributed by atoms with Crippen LogP contribution in [0.5, 0.6) is 0 Å². The molecule has 0 saturated heterocycles. The number of aliphatic hydroxyl groups excluding tert-OH is 1. The summed E-state index contributed by atoms with van der Waals surface area (Å²) >= 11 is 0. The molecule has 0 atom stereocenters. The molecule has 0 radical (unpaired) electrons. The van der Waals surface area contributed by atoms with E-state index in [1.807, 2.05) is 38.2 Å². The predicted octanol–water partition coefficient (Wildman–Crippen LogP) is 2.30. The lowest BCUT2D eigenvalue weighted by Gasteiger charge is -1.81. The highest BCUT2D eigenvalue weighted by Crippen LogP contribution is 1.91. The van der Waals surface area contributed by atoms with Gasteiger partial charge in [0.25, 0.3) is 0 Å². The third kappa shape index (κ3) is 10.2. The molecule has 0 aliphatic carbocycles. The first-order chi connectivity index (χ1) is 4.81. The van der Waals surface area contributed by atoms with Gasteiger partial charge in [0.1, 0.15) is 0 Å². The molecule has 0 aliphatic heterocycles. The maximum absolute atomic E-state index is 7.00. The van der Waals surface area contributed by atoms with E-state index in [1.165, 1.54) is 5.57 Å². The van der Waals surface area contributed by atoms with Crippen LogP contribution in [0.1, 0.15) is 13.8 Å². The zero-order valence-electron chi connectivity index (χ0n) is 6.96. The maximum atomic E-state index is 7.00. The Bertz CT molecular complexity index is 121. The lowest BCUT2D eigenvalue weighted by molar-refractivity contribution is 0.399. The van der Waals surface area contributed by atoms with Crippen molar-refractivity contribution in [1.82, 2.24) is 0 Å². The molecule has 0 aromatic rings. The Morgan fingerprint density at radius 2 is 1.90 bits per heavy atom. The van der Waals surface area contributed by atoms with Gasteiger partial charge in [-0.15, -0.1) is 0 Å². The summed E-state index contributed by atoms with van der Waals surface area (Å²) in [6.45, 7) is 7.63. The van der Waals surface area contributed by atoms with E-state index in [4.69, 9.17) is 5.11 Å². The van der Waals surface area contributed by atoms with Gasteiger partial charge in [0.2, 0.25) is 0 Å². The summed E-state index contributed by atoms with van der Waals surface area (Å²) in [6, 6.07) is 0. The van der Waals surface area contributed by atoms with Crippen molar-refractivity contribution in [3.63, 3.8) is 0 Å². The lowest BCUT2D eigenvalue weighted by Crippen LogP contribution is -1.60. The second kappa shape index (κ2) is 11.0. The molecule has 1 N–H and O–H groups in total. The minimum absolute atomic E-state index is 1.00. The van der Waals surface area contributed by atoms with Gasteiger partial charge in [-0.25, -0.2) is 0 Å². The number of hydrogen-bond acceptors (Lipinski definition) is 1. The Kier molecular flexibility index (Phi) is 13.2. The molecular formula is C9H16O. The van der Waals surface area contributed by atoms with Gasteiger partial charge < -0.3 is 5.11 Å². The molecule has 1 nitrogen and oxygen atoms in total. The Labute approximate surface area is 63.4 Å². The number of rotatable bonds is 2. The second-order valence-electron chi connectivity index (χ2n) is 1.64. The minimum atomic E-state index is 1.00. The zero-order chi connectivity index (χ0) is 8.41. The van der Waals surface area contributed by atoms with Crippen LogP contribution in [0, 0.1) is 0 Å². The SMILES string of the molecule is C=C/C(C)=C\C=C/C.CO. The van der Waals surface area contributed by atoms with E-state index in [1.54, 1.807) is 0 Å². The van der Waals surface area contributed by atoms with Gasteiger partial charge in [0.05, 0.1) is 0 Å². The molecule has 0 heterocycles. The first-order valence-electron chi connectivity index (χ1n) is 3.18. The van der Waals surface area contributed by atoms with Crippen LogP contribution in [0.3, 0.4) is 0 Å². The lowest BCUT2D eigenvalue weighted by atomic mass is 10.3. The minimum Gasteiger partial charge on any atom is -0.400 e. The molecular weight excluding hydrogens is 124 g/mol. The second-order valence-corrected chi connectivity index (χ2v) is 1.64. The van der Waals surface area contributed by atoms with Crippen molar-refractivity contribution in [3.8, 4) is 0 Å². The first-order valence-corrected chi connectivity index (χ1v) is 3.18. The van der Waals surface area contributed by atoms with Gasteiger partial charge >= 0.3 is 0 Å². The van der Waals surface area contributed by atoms with Crippen molar-refractivity contribution >= 4 is 0 Å². The molecule has 0 aromatic heterocycles. The van der Waals surface area contributed by atoms with E-state index < -0.39 is 0 Å². The highest BCUT2D eigenvalue weighted by atomic mass is 16.2. The summed E-state index contributed by atoms with van der Waals surface area (Å²) in [4.78, 5) is 0. The summed E-state index contributed by atoms with van der Waals surface area (Å²) < 4.78 is 0. The molecule has 0 unspecified atom stereocenters. The summed E-state index contributed by atoms with van der Waals surface area (Å²) in [6.07, 6.45) is 7.84. The van der Waals surface area contributed by atoms with Crippen LogP contribution in [-0.2, 0) is 0 Å². The van der Waals surface area contributed by atoms with Crippen molar-refractivity contribution < 1.29 is 5.11 Å². The van der Waals surface area contributed by atoms with E-state index in [9.17, 15) is 0 Å². The normalized spacial score (nSPS) is 10.6. The van der Waals surface area contributed by atoms with Crippen LogP contribution in [0.25, 0.3) is 0 Å². The molecule has 0 aliphatic rings. The number of aliphatic hydroxyl groups is 1. The van der Waals surface area contributed by atoms with Crippen LogP contribution in [0.2, 0.25) is 0 Å². The van der Waals surface area contributed by atoms with E-state index in [-0.39, 0.29) is 0 Å². The average molecular weight is 140 g/mol. The third-order valence-electron chi connectivity index (χ3n) is 0.874. The number of allylic oxidation sites excluding steroid dienone is 5. The topological polar surface area (TPSA) is 20.2 Å². The van der Waals surface area contributed by atoms with Crippen molar-refractivity contribution in [3.05, 3.63) is 36.5 Å². The van der Waals surface area contributed by atoms with Crippen LogP contribution in [0.15, 0.2) is 36.5 Å². The van der Waals surface area contributed by atoms with Gasteiger partial charge in [0.15, 0.2) is 0 Å². The predicted molar refractivity (Wildman–Crippen MR) is 46.9 cm³/mol. The van der Waals surface area contributed by atoms with Gasteiger partial charge in [-0.05, 0) is 13.8 Å². The summed E-state index contributed by atoms with van der Waals surface area (Å²) in [7, 11) is 1.00. The quantitative estimate of drug-likeness (QED) is 0.583. The smallest absolute Gasteiger partial charge is 0.0319 e.